The molecule has 3 aromatic rings. The first-order valence-corrected chi connectivity index (χ1v) is 8.96. The fourth-order valence-electron chi connectivity index (χ4n) is 3.44. The van der Waals surface area contributed by atoms with E-state index in [4.69, 9.17) is 10.5 Å². The number of hydrogen-bond donors (Lipinski definition) is 2. The van der Waals surface area contributed by atoms with E-state index in [0.29, 0.717) is 24.0 Å². The van der Waals surface area contributed by atoms with Gasteiger partial charge in [0.2, 0.25) is 11.9 Å². The summed E-state index contributed by atoms with van der Waals surface area (Å²) in [6.45, 7) is 6.43. The van der Waals surface area contributed by atoms with E-state index in [2.05, 4.69) is 22.0 Å². The van der Waals surface area contributed by atoms with Crippen LogP contribution in [0.3, 0.4) is 0 Å². The summed E-state index contributed by atoms with van der Waals surface area (Å²) in [4.78, 5) is 16.4. The summed E-state index contributed by atoms with van der Waals surface area (Å²) < 4.78 is 7.76. The summed E-state index contributed by atoms with van der Waals surface area (Å²) in [6, 6.07) is 15.3. The monoisotopic (exact) mass is 375 g/mol. The number of benzene rings is 2. The number of aromatic nitrogens is 3. The molecule has 28 heavy (non-hydrogen) atoms. The van der Waals surface area contributed by atoms with E-state index in [0.717, 1.165) is 11.1 Å². The quantitative estimate of drug-likeness (QED) is 0.715. The number of nitrogens with zero attached hydrogens (tertiary/aromatic N) is 3. The van der Waals surface area contributed by atoms with Gasteiger partial charge in [0.25, 0.3) is 0 Å². The molecular weight excluding hydrogens is 354 g/mol. The van der Waals surface area contributed by atoms with Gasteiger partial charge in [0.05, 0.1) is 0 Å². The molecule has 1 aromatic heterocycles. The van der Waals surface area contributed by atoms with Crippen LogP contribution in [0.1, 0.15) is 22.7 Å². The van der Waals surface area contributed by atoms with Crippen LogP contribution < -0.4 is 15.8 Å². The van der Waals surface area contributed by atoms with Crippen molar-refractivity contribution in [2.75, 3.05) is 5.32 Å². The average molecular weight is 375 g/mol. The highest BCUT2D eigenvalue weighted by Crippen LogP contribution is 2.40. The third kappa shape index (κ3) is 3.22. The van der Waals surface area contributed by atoms with E-state index >= 15 is 0 Å². The standard InChI is InChI=1S/C21H21N5O2/c1-13-7-9-15(10-8-13)11-28-17-6-4-3-5-16(17)19-18(20(22)27)14(2)25-21-23-12-24-26(19)21/h3-10,12,18-19H,2,11H2,1H3,(H2,22,27)(H,23,24,25)/t18-,19+/m1/s1. The first kappa shape index (κ1) is 17.8. The van der Waals surface area contributed by atoms with Gasteiger partial charge in [0.15, 0.2) is 0 Å². The number of carbonyl (C=O) groups is 1. The van der Waals surface area contributed by atoms with Gasteiger partial charge in [0, 0.05) is 11.3 Å². The van der Waals surface area contributed by atoms with Gasteiger partial charge in [-0.1, -0.05) is 54.6 Å². The second kappa shape index (κ2) is 7.19. The van der Waals surface area contributed by atoms with E-state index in [1.54, 1.807) is 4.68 Å². The van der Waals surface area contributed by atoms with Crippen molar-refractivity contribution in [3.63, 3.8) is 0 Å². The molecule has 2 heterocycles. The van der Waals surface area contributed by atoms with Gasteiger partial charge in [-0.2, -0.15) is 10.1 Å². The highest BCUT2D eigenvalue weighted by molar-refractivity contribution is 5.82. The molecule has 1 aliphatic rings. The zero-order chi connectivity index (χ0) is 19.7. The number of carbonyl (C=O) groups excluding carboxylic acids is 1. The zero-order valence-electron chi connectivity index (χ0n) is 15.5. The number of hydrogen-bond acceptors (Lipinski definition) is 5. The van der Waals surface area contributed by atoms with Gasteiger partial charge in [-0.25, -0.2) is 4.68 Å². The molecule has 4 rings (SSSR count). The number of nitrogens with two attached hydrogens (primary N) is 1. The molecule has 7 heteroatoms. The number of amides is 1. The molecule has 0 fully saturated rings. The highest BCUT2D eigenvalue weighted by atomic mass is 16.5. The normalized spacial score (nSPS) is 18.2. The van der Waals surface area contributed by atoms with Crippen molar-refractivity contribution in [2.45, 2.75) is 19.6 Å². The maximum Gasteiger partial charge on any atom is 0.229 e. The lowest BCUT2D eigenvalue weighted by atomic mass is 9.88. The van der Waals surface area contributed by atoms with Crippen LogP contribution in [-0.4, -0.2) is 20.7 Å². The van der Waals surface area contributed by atoms with Gasteiger partial charge >= 0.3 is 0 Å². The summed E-state index contributed by atoms with van der Waals surface area (Å²) >= 11 is 0. The summed E-state index contributed by atoms with van der Waals surface area (Å²) in [5, 5.41) is 7.30. The Morgan fingerprint density at radius 3 is 2.75 bits per heavy atom. The lowest BCUT2D eigenvalue weighted by molar-refractivity contribution is -0.121. The van der Waals surface area contributed by atoms with E-state index in [1.807, 2.05) is 55.5 Å². The molecule has 0 saturated carbocycles. The fourth-order valence-corrected chi connectivity index (χ4v) is 3.44. The number of ether oxygens (including phenoxy) is 1. The molecular formula is C21H21N5O2. The predicted molar refractivity (Wildman–Crippen MR) is 106 cm³/mol. The van der Waals surface area contributed by atoms with Crippen LogP contribution in [0.5, 0.6) is 5.75 Å². The molecule has 0 radical (unpaired) electrons. The molecule has 0 spiro atoms. The Kier molecular flexibility index (Phi) is 4.57. The molecule has 0 aliphatic carbocycles. The Labute approximate surface area is 162 Å². The second-order valence-electron chi connectivity index (χ2n) is 6.82. The molecule has 0 bridgehead atoms. The minimum Gasteiger partial charge on any atom is -0.489 e. The maximum atomic E-state index is 12.2. The van der Waals surface area contributed by atoms with Gasteiger partial charge in [-0.15, -0.1) is 0 Å². The van der Waals surface area contributed by atoms with Crippen molar-refractivity contribution in [1.82, 2.24) is 14.8 Å². The van der Waals surface area contributed by atoms with Crippen molar-refractivity contribution < 1.29 is 9.53 Å². The largest absolute Gasteiger partial charge is 0.489 e. The topological polar surface area (TPSA) is 95.1 Å². The summed E-state index contributed by atoms with van der Waals surface area (Å²) in [5.74, 6) is 0.00613. The Bertz CT molecular complexity index is 1030. The molecule has 2 aromatic carbocycles. The number of nitrogens with one attached hydrogen (secondary N) is 1. The van der Waals surface area contributed by atoms with Crippen molar-refractivity contribution in [1.29, 1.82) is 0 Å². The summed E-state index contributed by atoms with van der Waals surface area (Å²) in [7, 11) is 0. The molecule has 3 N–H and O–H groups in total. The molecule has 142 valence electrons. The number of rotatable bonds is 5. The number of fused-ring (bicyclic) bond motifs is 1. The predicted octanol–water partition coefficient (Wildman–Crippen LogP) is 2.80. The first-order chi connectivity index (χ1) is 13.5. The van der Waals surface area contributed by atoms with E-state index in [-0.39, 0.29) is 0 Å². The lowest BCUT2D eigenvalue weighted by Gasteiger charge is -2.33. The maximum absolute atomic E-state index is 12.2. The molecule has 0 saturated heterocycles. The summed E-state index contributed by atoms with van der Waals surface area (Å²) in [5.41, 5.74) is 9.24. The summed E-state index contributed by atoms with van der Waals surface area (Å²) in [6.07, 6.45) is 1.43. The minimum absolute atomic E-state index is 0.411. The minimum atomic E-state index is -0.682. The van der Waals surface area contributed by atoms with Gasteiger partial charge < -0.3 is 15.8 Å². The smallest absolute Gasteiger partial charge is 0.229 e. The Morgan fingerprint density at radius 2 is 2.00 bits per heavy atom. The van der Waals surface area contributed by atoms with Crippen molar-refractivity contribution in [3.8, 4) is 5.75 Å². The number of anilines is 1. The first-order valence-electron chi connectivity index (χ1n) is 8.96. The highest BCUT2D eigenvalue weighted by Gasteiger charge is 2.39. The van der Waals surface area contributed by atoms with Crippen molar-refractivity contribution in [3.05, 3.63) is 83.8 Å². The van der Waals surface area contributed by atoms with Crippen LogP contribution in [0, 0.1) is 12.8 Å². The number of para-hydroxylation sites is 1. The number of primary amides is 1. The zero-order valence-corrected chi connectivity index (χ0v) is 15.5. The third-order valence-corrected chi connectivity index (χ3v) is 4.86. The van der Waals surface area contributed by atoms with Crippen LogP contribution in [0.25, 0.3) is 0 Å². The SMILES string of the molecule is C=C1Nc2ncnn2[C@@H](c2ccccc2OCc2ccc(C)cc2)[C@@H]1C(N)=O. The van der Waals surface area contributed by atoms with E-state index in [9.17, 15) is 4.79 Å². The van der Waals surface area contributed by atoms with E-state index in [1.165, 1.54) is 11.9 Å². The second-order valence-corrected chi connectivity index (χ2v) is 6.82. The fraction of sp³-hybridized carbons (Fsp3) is 0.190. The van der Waals surface area contributed by atoms with Crippen molar-refractivity contribution >= 4 is 11.9 Å². The third-order valence-electron chi connectivity index (χ3n) is 4.86. The molecule has 2 atom stereocenters. The van der Waals surface area contributed by atoms with E-state index < -0.39 is 17.9 Å². The van der Waals surface area contributed by atoms with Gasteiger partial charge in [0.1, 0.15) is 30.6 Å². The van der Waals surface area contributed by atoms with Crippen LogP contribution in [-0.2, 0) is 11.4 Å². The van der Waals surface area contributed by atoms with Crippen LogP contribution in [0.15, 0.2) is 67.1 Å². The van der Waals surface area contributed by atoms with Crippen molar-refractivity contribution in [2.24, 2.45) is 11.7 Å². The van der Waals surface area contributed by atoms with Crippen LogP contribution >= 0.6 is 0 Å². The van der Waals surface area contributed by atoms with Gasteiger partial charge in [-0.05, 0) is 18.6 Å². The van der Waals surface area contributed by atoms with Gasteiger partial charge in [-0.3, -0.25) is 4.79 Å². The van der Waals surface area contributed by atoms with Crippen LogP contribution in [0.2, 0.25) is 0 Å². The van der Waals surface area contributed by atoms with Crippen LogP contribution in [0.4, 0.5) is 5.95 Å². The average Bonchev–Trinajstić information content (AvgIpc) is 3.14. The Morgan fingerprint density at radius 1 is 1.25 bits per heavy atom. The molecule has 1 aliphatic heterocycles. The Hall–Kier alpha value is -3.61. The Balaban J connectivity index is 1.71. The molecule has 0 unspecified atom stereocenters. The molecule has 1 amide bonds. The molecule has 7 nitrogen and oxygen atoms in total. The number of aryl methyl sites for hydroxylation is 1. The lowest BCUT2D eigenvalue weighted by Crippen LogP contribution is -2.40.